The molecule has 1 heterocycles. The molecule has 3 aromatic rings. The highest BCUT2D eigenvalue weighted by molar-refractivity contribution is 6.11. The molecule has 184 valence electrons. The van der Waals surface area contributed by atoms with Crippen LogP contribution in [0.1, 0.15) is 76.5 Å². The minimum absolute atomic E-state index is 0.433. The Balaban J connectivity index is 2.03. The molecule has 0 fully saturated rings. The lowest BCUT2D eigenvalue weighted by Crippen LogP contribution is -2.04. The van der Waals surface area contributed by atoms with Crippen molar-refractivity contribution in [1.29, 1.82) is 0 Å². The van der Waals surface area contributed by atoms with Crippen LogP contribution in [0.5, 0.6) is 0 Å². The smallest absolute Gasteiger partial charge is 0.318 e. The Morgan fingerprint density at radius 3 is 2.23 bits per heavy atom. The molecular weight excluding hydrogens is 442 g/mol. The molecule has 0 bridgehead atoms. The maximum absolute atomic E-state index is 11.5. The quantitative estimate of drug-likeness (QED) is 0.146. The third-order valence-electron chi connectivity index (χ3n) is 5.70. The summed E-state index contributed by atoms with van der Waals surface area (Å²) in [5.41, 5.74) is 6.34. The Hall–Kier alpha value is -3.74. The zero-order valence-electron chi connectivity index (χ0n) is 21.1. The maximum Gasteiger partial charge on any atom is 0.331 e. The van der Waals surface area contributed by atoms with Gasteiger partial charge >= 0.3 is 11.9 Å². The van der Waals surface area contributed by atoms with Crippen LogP contribution in [0, 0.1) is 6.92 Å². The lowest BCUT2D eigenvalue weighted by atomic mass is 10.0. The maximum atomic E-state index is 11.5. The number of oxime groups is 2. The van der Waals surface area contributed by atoms with Crippen molar-refractivity contribution in [2.24, 2.45) is 10.3 Å². The van der Waals surface area contributed by atoms with Crippen LogP contribution in [-0.4, -0.2) is 27.9 Å². The van der Waals surface area contributed by atoms with Gasteiger partial charge in [0.1, 0.15) is 0 Å². The Kier molecular flexibility index (Phi) is 8.95. The predicted molar refractivity (Wildman–Crippen MR) is 139 cm³/mol. The summed E-state index contributed by atoms with van der Waals surface area (Å²) in [6.07, 6.45) is 7.17. The number of unbranched alkanes of at least 4 members (excludes halogenated alkanes) is 3. The summed E-state index contributed by atoms with van der Waals surface area (Å²) in [7, 11) is 0. The summed E-state index contributed by atoms with van der Waals surface area (Å²) in [5.74, 6) is -0.888. The highest BCUT2D eigenvalue weighted by Gasteiger charge is 2.16. The number of benzene rings is 2. The first kappa shape index (κ1) is 25.9. The molecule has 0 radical (unpaired) electrons. The van der Waals surface area contributed by atoms with Gasteiger partial charge in [-0.3, -0.25) is 0 Å². The topological polar surface area (TPSA) is 82.2 Å². The van der Waals surface area contributed by atoms with Crippen LogP contribution in [0.3, 0.4) is 0 Å². The van der Waals surface area contributed by atoms with E-state index in [9.17, 15) is 9.59 Å². The molecule has 0 N–H and O–H groups in total. The number of aryl methyl sites for hydroxylation is 1. The van der Waals surface area contributed by atoms with Crippen molar-refractivity contribution in [2.75, 3.05) is 0 Å². The van der Waals surface area contributed by atoms with E-state index < -0.39 is 11.9 Å². The van der Waals surface area contributed by atoms with Crippen molar-refractivity contribution in [3.8, 4) is 5.69 Å². The Labute approximate surface area is 206 Å². The van der Waals surface area contributed by atoms with Gasteiger partial charge < -0.3 is 14.2 Å². The van der Waals surface area contributed by atoms with Crippen molar-refractivity contribution in [2.45, 2.75) is 66.7 Å². The number of aromatic nitrogens is 1. The fourth-order valence-corrected chi connectivity index (χ4v) is 3.90. The third kappa shape index (κ3) is 6.88. The summed E-state index contributed by atoms with van der Waals surface area (Å²) in [4.78, 5) is 32.4. The lowest BCUT2D eigenvalue weighted by molar-refractivity contribution is -0.141. The average Bonchev–Trinajstić information content (AvgIpc) is 3.20. The number of hydrogen-bond acceptors (Lipinski definition) is 6. The van der Waals surface area contributed by atoms with E-state index >= 15 is 0 Å². The van der Waals surface area contributed by atoms with Crippen LogP contribution in [0.2, 0.25) is 0 Å². The summed E-state index contributed by atoms with van der Waals surface area (Å²) in [6, 6.07) is 14.2. The van der Waals surface area contributed by atoms with Crippen molar-refractivity contribution in [3.05, 3.63) is 65.4 Å². The summed E-state index contributed by atoms with van der Waals surface area (Å²) >= 11 is 0. The predicted octanol–water partition coefficient (Wildman–Crippen LogP) is 6.46. The molecule has 0 aliphatic rings. The number of rotatable bonds is 10. The molecule has 0 atom stereocenters. The van der Waals surface area contributed by atoms with Crippen LogP contribution < -0.4 is 0 Å². The van der Waals surface area contributed by atoms with Crippen LogP contribution in [-0.2, 0) is 19.3 Å². The van der Waals surface area contributed by atoms with Gasteiger partial charge in [-0.1, -0.05) is 60.3 Å². The van der Waals surface area contributed by atoms with Crippen LogP contribution in [0.25, 0.3) is 16.6 Å². The first-order valence-electron chi connectivity index (χ1n) is 12.0. The van der Waals surface area contributed by atoms with Gasteiger partial charge in [-0.2, -0.15) is 0 Å². The van der Waals surface area contributed by atoms with Crippen molar-refractivity contribution < 1.29 is 19.3 Å². The number of carbonyl (C=O) groups excluding carboxylic acids is 2. The number of carbonyl (C=O) groups is 2. The van der Waals surface area contributed by atoms with Gasteiger partial charge in [0.05, 0.1) is 16.9 Å². The number of fused-ring (bicyclic) bond motifs is 1. The summed E-state index contributed by atoms with van der Waals surface area (Å²) < 4.78 is 2.11. The monoisotopic (exact) mass is 475 g/mol. The molecule has 0 amide bonds. The average molecular weight is 476 g/mol. The van der Waals surface area contributed by atoms with E-state index in [0.717, 1.165) is 71.1 Å². The molecule has 0 unspecified atom stereocenters. The first-order chi connectivity index (χ1) is 16.8. The SMILES string of the molecule is CCCCCC/C(=N\OC(C)=O)c1cn(-c2ccc(/C(C)=N/OC(C)=O)cc2)c2ccc(C)cc12. The van der Waals surface area contributed by atoms with E-state index in [1.54, 1.807) is 6.92 Å². The molecule has 1 aromatic heterocycles. The molecule has 35 heavy (non-hydrogen) atoms. The first-order valence-corrected chi connectivity index (χ1v) is 12.0. The minimum Gasteiger partial charge on any atom is -0.318 e. The van der Waals surface area contributed by atoms with Crippen molar-refractivity contribution >= 4 is 34.3 Å². The van der Waals surface area contributed by atoms with E-state index in [2.05, 4.69) is 53.1 Å². The summed E-state index contributed by atoms with van der Waals surface area (Å²) in [5, 5.41) is 9.17. The van der Waals surface area contributed by atoms with E-state index in [4.69, 9.17) is 9.68 Å². The largest absolute Gasteiger partial charge is 0.331 e. The van der Waals surface area contributed by atoms with Gasteiger partial charge in [-0.15, -0.1) is 0 Å². The Morgan fingerprint density at radius 1 is 0.886 bits per heavy atom. The highest BCUT2D eigenvalue weighted by atomic mass is 16.7. The molecule has 0 saturated carbocycles. The van der Waals surface area contributed by atoms with Gasteiger partial charge in [-0.05, 0) is 56.5 Å². The van der Waals surface area contributed by atoms with Crippen LogP contribution in [0.4, 0.5) is 0 Å². The fourth-order valence-electron chi connectivity index (χ4n) is 3.90. The Bertz CT molecular complexity index is 1250. The van der Waals surface area contributed by atoms with Gasteiger partial charge in [0.25, 0.3) is 0 Å². The second-order valence-corrected chi connectivity index (χ2v) is 8.67. The van der Waals surface area contributed by atoms with E-state index in [1.165, 1.54) is 13.8 Å². The second-order valence-electron chi connectivity index (χ2n) is 8.67. The molecule has 7 heteroatoms. The minimum atomic E-state index is -0.455. The Morgan fingerprint density at radius 2 is 1.57 bits per heavy atom. The van der Waals surface area contributed by atoms with Gasteiger partial charge in [0.2, 0.25) is 0 Å². The lowest BCUT2D eigenvalue weighted by Gasteiger charge is -2.07. The van der Waals surface area contributed by atoms with Gasteiger partial charge in [-0.25, -0.2) is 9.59 Å². The van der Waals surface area contributed by atoms with Crippen LogP contribution in [0.15, 0.2) is 59.0 Å². The van der Waals surface area contributed by atoms with E-state index in [1.807, 2.05) is 24.3 Å². The molecule has 3 rings (SSSR count). The van der Waals surface area contributed by atoms with Gasteiger partial charge in [0, 0.05) is 36.7 Å². The molecule has 7 nitrogen and oxygen atoms in total. The standard InChI is InChI=1S/C28H33N3O4/c1-6-7-8-9-10-27(30-35-22(5)33)26-18-31(28-16-11-19(2)17-25(26)28)24-14-12-23(13-15-24)20(3)29-34-21(4)32/h11-18H,6-10H2,1-5H3/b29-20+,30-27+. The second kappa shape index (κ2) is 12.1. The normalized spacial score (nSPS) is 12.1. The number of hydrogen-bond donors (Lipinski definition) is 0. The van der Waals surface area contributed by atoms with Gasteiger partial charge in [0.15, 0.2) is 0 Å². The van der Waals surface area contributed by atoms with E-state index in [-0.39, 0.29) is 0 Å². The fraction of sp³-hybridized carbons (Fsp3) is 0.357. The molecule has 0 aliphatic heterocycles. The zero-order valence-corrected chi connectivity index (χ0v) is 21.1. The molecule has 0 saturated heterocycles. The highest BCUT2D eigenvalue weighted by Crippen LogP contribution is 2.28. The van der Waals surface area contributed by atoms with E-state index in [0.29, 0.717) is 5.71 Å². The number of nitrogens with zero attached hydrogens (tertiary/aromatic N) is 3. The van der Waals surface area contributed by atoms with Crippen molar-refractivity contribution in [3.63, 3.8) is 0 Å². The van der Waals surface area contributed by atoms with Crippen molar-refractivity contribution in [1.82, 2.24) is 4.57 Å². The van der Waals surface area contributed by atoms with Crippen LogP contribution >= 0.6 is 0 Å². The molecule has 0 aliphatic carbocycles. The molecule has 0 spiro atoms. The third-order valence-corrected chi connectivity index (χ3v) is 5.70. The molecule has 2 aromatic carbocycles. The molecular formula is C28H33N3O4. The zero-order chi connectivity index (χ0) is 25.4. The summed E-state index contributed by atoms with van der Waals surface area (Å²) in [6.45, 7) is 8.71.